The van der Waals surface area contributed by atoms with Crippen molar-refractivity contribution in [2.75, 3.05) is 0 Å². The van der Waals surface area contributed by atoms with Gasteiger partial charge in [-0.15, -0.1) is 17.0 Å². The molecule has 8 heteroatoms. The zero-order valence-corrected chi connectivity index (χ0v) is 21.3. The summed E-state index contributed by atoms with van der Waals surface area (Å²) in [5.74, 6) is 1.57. The molecule has 6 nitrogen and oxygen atoms in total. The molecule has 3 rings (SSSR count). The van der Waals surface area contributed by atoms with E-state index in [4.69, 9.17) is 11.6 Å². The smallest absolute Gasteiger partial charge is 0.269 e. The Kier molecular flexibility index (Phi) is 8.95. The maximum atomic E-state index is 10.9. The molecule has 31 heavy (non-hydrogen) atoms. The molecule has 172 valence electrons. The lowest BCUT2D eigenvalue weighted by atomic mass is 9.71. The second-order valence-electron chi connectivity index (χ2n) is 9.52. The zero-order valence-electron chi connectivity index (χ0n) is 18.8. The highest BCUT2D eigenvalue weighted by Crippen LogP contribution is 2.38. The molecule has 1 heterocycles. The van der Waals surface area contributed by atoms with Crippen molar-refractivity contribution >= 4 is 40.6 Å². The molecule has 2 aliphatic rings. The molecule has 0 spiro atoms. The molecular formula is C23H34BrClN4O2. The number of rotatable bonds is 6. The van der Waals surface area contributed by atoms with Crippen molar-refractivity contribution in [1.82, 2.24) is 10.2 Å². The molecule has 1 aromatic rings. The third kappa shape index (κ3) is 6.45. The van der Waals surface area contributed by atoms with Crippen molar-refractivity contribution in [2.24, 2.45) is 16.3 Å². The van der Waals surface area contributed by atoms with Crippen molar-refractivity contribution in [1.29, 1.82) is 0 Å². The predicted molar refractivity (Wildman–Crippen MR) is 133 cm³/mol. The molecule has 0 aromatic heterocycles. The van der Waals surface area contributed by atoms with Gasteiger partial charge in [0.25, 0.3) is 5.69 Å². The third-order valence-corrected chi connectivity index (χ3v) is 6.88. The highest BCUT2D eigenvalue weighted by atomic mass is 79.9. The van der Waals surface area contributed by atoms with E-state index in [0.717, 1.165) is 41.6 Å². The van der Waals surface area contributed by atoms with Gasteiger partial charge in [0.05, 0.1) is 22.3 Å². The molecule has 0 saturated heterocycles. The first kappa shape index (κ1) is 25.7. The van der Waals surface area contributed by atoms with E-state index in [1.165, 1.54) is 25.0 Å². The Bertz CT molecular complexity index is 812. The average Bonchev–Trinajstić information content (AvgIpc) is 2.70. The Labute approximate surface area is 201 Å². The minimum Gasteiger partial charge on any atom is -0.366 e. The summed E-state index contributed by atoms with van der Waals surface area (Å²) in [7, 11) is 0. The monoisotopic (exact) mass is 512 g/mol. The number of nitro groups is 1. The van der Waals surface area contributed by atoms with Crippen LogP contribution < -0.4 is 5.32 Å². The second-order valence-corrected chi connectivity index (χ2v) is 9.93. The molecular weight excluding hydrogens is 480 g/mol. The van der Waals surface area contributed by atoms with Crippen molar-refractivity contribution in [3.8, 4) is 0 Å². The van der Waals surface area contributed by atoms with E-state index in [1.807, 2.05) is 6.34 Å². The summed E-state index contributed by atoms with van der Waals surface area (Å²) in [6.07, 6.45) is 7.48. The number of hydrogen-bond acceptors (Lipinski definition) is 5. The van der Waals surface area contributed by atoms with Gasteiger partial charge in [-0.1, -0.05) is 51.4 Å². The number of halogens is 2. The summed E-state index contributed by atoms with van der Waals surface area (Å²) < 4.78 is 0. The van der Waals surface area contributed by atoms with Gasteiger partial charge >= 0.3 is 0 Å². The quantitative estimate of drug-likeness (QED) is 0.353. The van der Waals surface area contributed by atoms with Gasteiger partial charge in [0.1, 0.15) is 5.82 Å². The molecule has 1 aliphatic carbocycles. The number of benzene rings is 1. The fourth-order valence-corrected chi connectivity index (χ4v) is 4.86. The van der Waals surface area contributed by atoms with Gasteiger partial charge < -0.3 is 10.2 Å². The number of nitro benzene ring substituents is 1. The van der Waals surface area contributed by atoms with Crippen LogP contribution in [0.2, 0.25) is 0 Å². The topological polar surface area (TPSA) is 70.8 Å². The summed E-state index contributed by atoms with van der Waals surface area (Å²) >= 11 is 6.77. The Morgan fingerprint density at radius 2 is 1.81 bits per heavy atom. The number of nitrogens with one attached hydrogen (secondary N) is 1. The Balaban J connectivity index is 0.00000341. The van der Waals surface area contributed by atoms with Gasteiger partial charge in [0, 0.05) is 24.7 Å². The van der Waals surface area contributed by atoms with Crippen molar-refractivity contribution in [3.63, 3.8) is 0 Å². The zero-order chi connectivity index (χ0) is 21.9. The van der Waals surface area contributed by atoms with Crippen LogP contribution in [-0.2, 0) is 6.54 Å². The van der Waals surface area contributed by atoms with Crippen LogP contribution in [-0.4, -0.2) is 28.2 Å². The Morgan fingerprint density at radius 1 is 1.19 bits per heavy atom. The fourth-order valence-electron chi connectivity index (χ4n) is 4.48. The lowest BCUT2D eigenvalue weighted by Crippen LogP contribution is -2.41. The molecule has 0 amide bonds. The van der Waals surface area contributed by atoms with Crippen molar-refractivity contribution < 1.29 is 4.92 Å². The first-order valence-corrected chi connectivity index (χ1v) is 11.3. The standard InChI is InChI=1S/C23H33ClN4O2.BrH/c1-5-20-21(24)22(26-18-10-8-17(9-11-18)23(2,3)4)25-15-27(20)14-16-6-12-19(13-7-16)28(29)30;/h6-7,12-13,15,17-18,20,26H,5,8-11,14H2,1-4H3;1H. The van der Waals surface area contributed by atoms with Gasteiger partial charge in [-0.2, -0.15) is 0 Å². The van der Waals surface area contributed by atoms with Crippen LogP contribution in [0.15, 0.2) is 40.1 Å². The van der Waals surface area contributed by atoms with Crippen molar-refractivity contribution in [2.45, 2.75) is 78.4 Å². The van der Waals surface area contributed by atoms with E-state index in [0.29, 0.717) is 18.0 Å². The number of non-ortho nitro benzene ring substituents is 1. The second kappa shape index (κ2) is 10.8. The highest BCUT2D eigenvalue weighted by molar-refractivity contribution is 8.93. The van der Waals surface area contributed by atoms with Crippen LogP contribution >= 0.6 is 28.6 Å². The summed E-state index contributed by atoms with van der Waals surface area (Å²) in [5.41, 5.74) is 1.46. The fraction of sp³-hybridized carbons (Fsp3) is 0.609. The predicted octanol–water partition coefficient (Wildman–Crippen LogP) is 6.40. The van der Waals surface area contributed by atoms with Crippen LogP contribution in [0.1, 0.15) is 65.4 Å². The Morgan fingerprint density at radius 3 is 2.32 bits per heavy atom. The highest BCUT2D eigenvalue weighted by Gasteiger charge is 2.31. The van der Waals surface area contributed by atoms with Gasteiger partial charge in [-0.25, -0.2) is 4.99 Å². The minimum absolute atomic E-state index is 0. The summed E-state index contributed by atoms with van der Waals surface area (Å²) in [4.78, 5) is 17.2. The van der Waals surface area contributed by atoms with Gasteiger partial charge in [0.2, 0.25) is 0 Å². The van der Waals surface area contributed by atoms with E-state index in [1.54, 1.807) is 12.1 Å². The number of hydrogen-bond donors (Lipinski definition) is 1. The minimum atomic E-state index is -0.381. The van der Waals surface area contributed by atoms with Crippen molar-refractivity contribution in [3.05, 3.63) is 50.8 Å². The van der Waals surface area contributed by atoms with E-state index < -0.39 is 0 Å². The van der Waals surface area contributed by atoms with E-state index >= 15 is 0 Å². The average molecular weight is 514 g/mol. The Hall–Kier alpha value is -1.60. The maximum absolute atomic E-state index is 10.9. The molecule has 1 atom stereocenters. The SMILES string of the molecule is Br.CCC1C(Cl)=C(NC2CCC(C(C)(C)C)CC2)N=CN1Cc1ccc([N+](=O)[O-])cc1. The van der Waals surface area contributed by atoms with Crippen LogP contribution in [0.4, 0.5) is 5.69 Å². The maximum Gasteiger partial charge on any atom is 0.269 e. The molecule has 1 aromatic carbocycles. The largest absolute Gasteiger partial charge is 0.366 e. The summed E-state index contributed by atoms with van der Waals surface area (Å²) in [5, 5.41) is 15.2. The lowest BCUT2D eigenvalue weighted by molar-refractivity contribution is -0.384. The first-order valence-electron chi connectivity index (χ1n) is 10.9. The van der Waals surface area contributed by atoms with Gasteiger partial charge in [-0.3, -0.25) is 10.1 Å². The normalized spacial score (nSPS) is 24.0. The first-order chi connectivity index (χ1) is 14.2. The molecule has 0 bridgehead atoms. The van der Waals surface area contributed by atoms with Crippen LogP contribution in [0.5, 0.6) is 0 Å². The van der Waals surface area contributed by atoms with Crippen LogP contribution in [0, 0.1) is 21.4 Å². The molecule has 1 saturated carbocycles. The molecule has 1 aliphatic heterocycles. The van der Waals surface area contributed by atoms with E-state index in [2.05, 4.69) is 42.9 Å². The molecule has 1 fully saturated rings. The van der Waals surface area contributed by atoms with E-state index in [9.17, 15) is 10.1 Å². The number of nitrogens with zero attached hydrogens (tertiary/aromatic N) is 3. The van der Waals surface area contributed by atoms with Gasteiger partial charge in [-0.05, 0) is 49.0 Å². The molecule has 1 N–H and O–H groups in total. The van der Waals surface area contributed by atoms with Gasteiger partial charge in [0.15, 0.2) is 0 Å². The van der Waals surface area contributed by atoms with Crippen LogP contribution in [0.3, 0.4) is 0 Å². The lowest BCUT2D eigenvalue weighted by Gasteiger charge is -2.38. The van der Waals surface area contributed by atoms with E-state index in [-0.39, 0.29) is 33.6 Å². The molecule has 0 radical (unpaired) electrons. The molecule has 1 unspecified atom stereocenters. The summed E-state index contributed by atoms with van der Waals surface area (Å²) in [6, 6.07) is 7.12. The third-order valence-electron chi connectivity index (χ3n) is 6.45. The number of aliphatic imine (C=N–C) groups is 1. The summed E-state index contributed by atoms with van der Waals surface area (Å²) in [6.45, 7) is 9.73. The van der Waals surface area contributed by atoms with Crippen LogP contribution in [0.25, 0.3) is 0 Å².